The van der Waals surface area contributed by atoms with Crippen LogP contribution in [-0.2, 0) is 4.79 Å². The quantitative estimate of drug-likeness (QED) is 0.668. The molecule has 0 bridgehead atoms. The Morgan fingerprint density at radius 2 is 2.07 bits per heavy atom. The van der Waals surface area contributed by atoms with Crippen LogP contribution in [0.15, 0.2) is 29.6 Å². The zero-order valence-corrected chi connectivity index (χ0v) is 18.5. The van der Waals surface area contributed by atoms with Crippen molar-refractivity contribution in [2.75, 3.05) is 52.7 Å². The average molecular weight is 432 g/mol. The van der Waals surface area contributed by atoms with Crippen LogP contribution >= 0.6 is 11.3 Å². The van der Waals surface area contributed by atoms with Crippen LogP contribution in [0.1, 0.15) is 23.3 Å². The Labute approximate surface area is 181 Å². The number of aromatic nitrogens is 1. The van der Waals surface area contributed by atoms with Crippen molar-refractivity contribution in [2.45, 2.75) is 12.8 Å². The third-order valence-corrected chi connectivity index (χ3v) is 5.76. The van der Waals surface area contributed by atoms with E-state index >= 15 is 0 Å². The van der Waals surface area contributed by atoms with Crippen LogP contribution in [0.2, 0.25) is 0 Å². The predicted molar refractivity (Wildman–Crippen MR) is 119 cm³/mol. The van der Waals surface area contributed by atoms with E-state index in [4.69, 9.17) is 4.74 Å². The second-order valence-electron chi connectivity index (χ2n) is 7.58. The van der Waals surface area contributed by atoms with Crippen LogP contribution in [0.5, 0.6) is 5.75 Å². The molecule has 2 N–H and O–H groups in total. The third-order valence-electron chi connectivity index (χ3n) is 5.00. The monoisotopic (exact) mass is 431 g/mol. The molecule has 0 radical (unpaired) electrons. The lowest BCUT2D eigenvalue weighted by Crippen LogP contribution is -2.46. The highest BCUT2D eigenvalue weighted by molar-refractivity contribution is 7.14. The summed E-state index contributed by atoms with van der Waals surface area (Å²) in [5.74, 6) is 0.510. The number of ether oxygens (including phenoxy) is 1. The van der Waals surface area contributed by atoms with Crippen LogP contribution in [0.3, 0.4) is 0 Å². The molecule has 1 aromatic heterocycles. The normalized spacial score (nSPS) is 16.4. The topological polar surface area (TPSA) is 86.8 Å². The van der Waals surface area contributed by atoms with Gasteiger partial charge in [-0.3, -0.25) is 9.59 Å². The van der Waals surface area contributed by atoms with E-state index in [1.165, 1.54) is 11.3 Å². The van der Waals surface area contributed by atoms with E-state index in [-0.39, 0.29) is 17.7 Å². The number of amides is 2. The molecule has 0 spiro atoms. The summed E-state index contributed by atoms with van der Waals surface area (Å²) in [7, 11) is 5.57. The van der Waals surface area contributed by atoms with Gasteiger partial charge in [-0.05, 0) is 51.2 Å². The first-order valence-corrected chi connectivity index (χ1v) is 10.9. The summed E-state index contributed by atoms with van der Waals surface area (Å²) in [6, 6.07) is 7.51. The number of benzene rings is 1. The molecule has 0 aliphatic carbocycles. The number of hydrogen-bond donors (Lipinski definition) is 2. The molecule has 2 amide bonds. The smallest absolute Gasteiger partial charge is 0.273 e. The van der Waals surface area contributed by atoms with Crippen molar-refractivity contribution in [2.24, 2.45) is 5.92 Å². The van der Waals surface area contributed by atoms with Crippen molar-refractivity contribution in [3.8, 4) is 5.75 Å². The van der Waals surface area contributed by atoms with E-state index in [2.05, 4.69) is 15.6 Å². The summed E-state index contributed by atoms with van der Waals surface area (Å²) in [5, 5.41) is 8.59. The molecule has 3 rings (SSSR count). The number of nitrogens with zero attached hydrogens (tertiary/aromatic N) is 3. The molecule has 1 aliphatic rings. The van der Waals surface area contributed by atoms with Gasteiger partial charge >= 0.3 is 0 Å². The molecule has 2 aromatic rings. The summed E-state index contributed by atoms with van der Waals surface area (Å²) in [6.45, 7) is 2.50. The molecule has 30 heavy (non-hydrogen) atoms. The molecule has 8 nitrogen and oxygen atoms in total. The lowest BCUT2D eigenvalue weighted by Gasteiger charge is -2.31. The fraction of sp³-hybridized carbons (Fsp3) is 0.476. The number of likely N-dealkylation sites (tertiary alicyclic amines) is 1. The third kappa shape index (κ3) is 5.93. The van der Waals surface area contributed by atoms with Gasteiger partial charge in [0.15, 0.2) is 5.13 Å². The van der Waals surface area contributed by atoms with Crippen molar-refractivity contribution < 1.29 is 14.3 Å². The molecule has 9 heteroatoms. The minimum atomic E-state index is -0.166. The number of thiazole rings is 1. The Hall–Kier alpha value is -2.65. The van der Waals surface area contributed by atoms with Crippen LogP contribution in [-0.4, -0.2) is 74.0 Å². The van der Waals surface area contributed by atoms with Crippen LogP contribution in [0.4, 0.5) is 10.8 Å². The van der Waals surface area contributed by atoms with Crippen molar-refractivity contribution in [3.05, 3.63) is 35.3 Å². The highest BCUT2D eigenvalue weighted by Crippen LogP contribution is 2.25. The molecule has 162 valence electrons. The van der Waals surface area contributed by atoms with Crippen molar-refractivity contribution in [1.82, 2.24) is 20.1 Å². The maximum atomic E-state index is 12.9. The molecule has 1 saturated heterocycles. The molecular formula is C21H29N5O3S. The van der Waals surface area contributed by atoms with Gasteiger partial charge in [-0.15, -0.1) is 11.3 Å². The van der Waals surface area contributed by atoms with Gasteiger partial charge in [0.25, 0.3) is 5.91 Å². The molecule has 1 fully saturated rings. The first-order chi connectivity index (χ1) is 14.5. The standard InChI is InChI=1S/C21H29N5O3S/c1-25(2)12-10-22-19(27)15-5-4-11-26(13-15)20(28)18-14-30-21(24-18)23-16-6-8-17(29-3)9-7-16/h6-9,14-15H,4-5,10-13H2,1-3H3,(H,22,27)(H,23,24). The Morgan fingerprint density at radius 1 is 1.30 bits per heavy atom. The zero-order chi connectivity index (χ0) is 21.5. The highest BCUT2D eigenvalue weighted by Gasteiger charge is 2.29. The van der Waals surface area contributed by atoms with E-state index < -0.39 is 0 Å². The summed E-state index contributed by atoms with van der Waals surface area (Å²) in [5.41, 5.74) is 1.28. The highest BCUT2D eigenvalue weighted by atomic mass is 32.1. The predicted octanol–water partition coefficient (Wildman–Crippen LogP) is 2.43. The van der Waals surface area contributed by atoms with Crippen molar-refractivity contribution in [1.29, 1.82) is 0 Å². The number of carbonyl (C=O) groups is 2. The fourth-order valence-electron chi connectivity index (χ4n) is 3.31. The number of piperidine rings is 1. The minimum absolute atomic E-state index is 0.0227. The molecule has 1 aliphatic heterocycles. The van der Waals surface area contributed by atoms with Gasteiger partial charge in [0.2, 0.25) is 5.91 Å². The van der Waals surface area contributed by atoms with E-state index in [0.29, 0.717) is 30.5 Å². The van der Waals surface area contributed by atoms with Crippen LogP contribution in [0, 0.1) is 5.92 Å². The van der Waals surface area contributed by atoms with Crippen molar-refractivity contribution >= 4 is 34.0 Å². The molecule has 1 aromatic carbocycles. The van der Waals surface area contributed by atoms with Gasteiger partial charge in [-0.1, -0.05) is 0 Å². The Morgan fingerprint density at radius 3 is 2.77 bits per heavy atom. The van der Waals surface area contributed by atoms with Gasteiger partial charge in [0.1, 0.15) is 11.4 Å². The SMILES string of the molecule is COc1ccc(Nc2nc(C(=O)N3CCCC(C(=O)NCCN(C)C)C3)cs2)cc1. The summed E-state index contributed by atoms with van der Waals surface area (Å²) in [4.78, 5) is 33.6. The number of rotatable bonds is 8. The second-order valence-corrected chi connectivity index (χ2v) is 8.43. The lowest BCUT2D eigenvalue weighted by atomic mass is 9.97. The first kappa shape index (κ1) is 22.0. The largest absolute Gasteiger partial charge is 0.497 e. The minimum Gasteiger partial charge on any atom is -0.497 e. The summed E-state index contributed by atoms with van der Waals surface area (Å²) < 4.78 is 5.16. The molecule has 1 atom stereocenters. The maximum Gasteiger partial charge on any atom is 0.273 e. The van der Waals surface area contributed by atoms with Crippen LogP contribution < -0.4 is 15.4 Å². The first-order valence-electron chi connectivity index (χ1n) is 10.0. The van der Waals surface area contributed by atoms with E-state index in [1.54, 1.807) is 17.4 Å². The number of hydrogen-bond acceptors (Lipinski definition) is 7. The Balaban J connectivity index is 1.56. The van der Waals surface area contributed by atoms with Gasteiger partial charge in [0, 0.05) is 37.2 Å². The van der Waals surface area contributed by atoms with Gasteiger partial charge in [-0.25, -0.2) is 4.98 Å². The van der Waals surface area contributed by atoms with E-state index in [9.17, 15) is 9.59 Å². The summed E-state index contributed by atoms with van der Waals surface area (Å²) in [6.07, 6.45) is 1.62. The average Bonchev–Trinajstić information content (AvgIpc) is 3.22. The maximum absolute atomic E-state index is 12.9. The number of likely N-dealkylation sites (N-methyl/N-ethyl adjacent to an activating group) is 1. The molecule has 0 saturated carbocycles. The fourth-order valence-corrected chi connectivity index (χ4v) is 4.02. The van der Waals surface area contributed by atoms with E-state index in [0.717, 1.165) is 30.8 Å². The van der Waals surface area contributed by atoms with Gasteiger partial charge in [-0.2, -0.15) is 0 Å². The number of nitrogens with one attached hydrogen (secondary N) is 2. The molecule has 2 heterocycles. The van der Waals surface area contributed by atoms with E-state index in [1.807, 2.05) is 43.3 Å². The second kappa shape index (κ2) is 10.4. The zero-order valence-electron chi connectivity index (χ0n) is 17.7. The Kier molecular flexibility index (Phi) is 7.64. The van der Waals surface area contributed by atoms with Crippen LogP contribution in [0.25, 0.3) is 0 Å². The van der Waals surface area contributed by atoms with Gasteiger partial charge < -0.3 is 25.2 Å². The Bertz CT molecular complexity index is 853. The summed E-state index contributed by atoms with van der Waals surface area (Å²) >= 11 is 1.38. The molecule has 1 unspecified atom stereocenters. The van der Waals surface area contributed by atoms with Crippen molar-refractivity contribution in [3.63, 3.8) is 0 Å². The lowest BCUT2D eigenvalue weighted by molar-refractivity contribution is -0.126. The molecular weight excluding hydrogens is 402 g/mol. The number of methoxy groups -OCH3 is 1. The number of carbonyl (C=O) groups excluding carboxylic acids is 2. The van der Waals surface area contributed by atoms with Gasteiger partial charge in [0.05, 0.1) is 13.0 Å². The number of anilines is 2.